The third-order valence-electron chi connectivity index (χ3n) is 12.5. The summed E-state index contributed by atoms with van der Waals surface area (Å²) in [6.07, 6.45) is 8.70. The van der Waals surface area contributed by atoms with E-state index in [0.29, 0.717) is 17.0 Å². The topological polar surface area (TPSA) is 78.7 Å². The van der Waals surface area contributed by atoms with Crippen LogP contribution in [0.2, 0.25) is 0 Å². The fourth-order valence-electron chi connectivity index (χ4n) is 9.68. The third-order valence-corrected chi connectivity index (χ3v) is 12.5. The lowest BCUT2D eigenvalue weighted by Crippen LogP contribution is -2.24. The summed E-state index contributed by atoms with van der Waals surface area (Å²) >= 11 is 0. The first kappa shape index (κ1) is 35.1. The zero-order chi connectivity index (χ0) is 40.8. The Balaban J connectivity index is 1.26. The van der Waals surface area contributed by atoms with E-state index in [0.717, 1.165) is 88.0 Å². The molecule has 61 heavy (non-hydrogen) atoms. The van der Waals surface area contributed by atoms with Crippen LogP contribution >= 0.6 is 0 Å². The minimum atomic E-state index is -0.193. The monoisotopic (exact) mass is 787 g/mol. The Bertz CT molecular complexity index is 3650. The van der Waals surface area contributed by atoms with Crippen molar-refractivity contribution in [1.82, 2.24) is 24.1 Å². The molecule has 4 aromatic heterocycles. The Morgan fingerprint density at radius 3 is 1.93 bits per heavy atom. The van der Waals surface area contributed by atoms with Crippen LogP contribution in [0.4, 0.5) is 0 Å². The van der Waals surface area contributed by atoms with Gasteiger partial charge >= 0.3 is 0 Å². The predicted octanol–water partition coefficient (Wildman–Crippen LogP) is 12.8. The molecule has 0 amide bonds. The molecule has 0 bridgehead atoms. The van der Waals surface area contributed by atoms with Crippen molar-refractivity contribution in [3.8, 4) is 34.4 Å². The molecule has 1 aliphatic carbocycles. The molecular weight excluding hydrogens is 751 g/mol. The minimum absolute atomic E-state index is 0.0109. The van der Waals surface area contributed by atoms with Crippen LogP contribution < -0.4 is 5.56 Å². The van der Waals surface area contributed by atoms with E-state index >= 15 is 4.79 Å². The van der Waals surface area contributed by atoms with Gasteiger partial charge in [0.25, 0.3) is 5.56 Å². The van der Waals surface area contributed by atoms with Crippen molar-refractivity contribution in [3.05, 3.63) is 197 Å². The van der Waals surface area contributed by atoms with Gasteiger partial charge < -0.3 is 8.98 Å². The van der Waals surface area contributed by atoms with Gasteiger partial charge in [-0.2, -0.15) is 9.97 Å². The van der Waals surface area contributed by atoms with Crippen LogP contribution in [-0.2, 0) is 0 Å². The van der Waals surface area contributed by atoms with Gasteiger partial charge in [0.2, 0.25) is 5.95 Å². The summed E-state index contributed by atoms with van der Waals surface area (Å²) in [6.45, 7) is 4.38. The third kappa shape index (κ3) is 5.30. The van der Waals surface area contributed by atoms with Crippen molar-refractivity contribution < 1.29 is 4.42 Å². The zero-order valence-electron chi connectivity index (χ0n) is 33.5. The summed E-state index contributed by atoms with van der Waals surface area (Å²) in [7, 11) is 0. The second-order valence-corrected chi connectivity index (χ2v) is 16.0. The Labute approximate surface area is 350 Å². The second kappa shape index (κ2) is 13.6. The maximum absolute atomic E-state index is 16.2. The number of hydrogen-bond acceptors (Lipinski definition) is 5. The summed E-state index contributed by atoms with van der Waals surface area (Å²) in [5.74, 6) is 1.45. The molecule has 0 aliphatic heterocycles. The molecule has 7 aromatic carbocycles. The van der Waals surface area contributed by atoms with E-state index in [-0.39, 0.29) is 23.3 Å². The molecule has 11 aromatic rings. The Hall–Kier alpha value is -7.90. The second-order valence-electron chi connectivity index (χ2n) is 16.0. The maximum atomic E-state index is 16.2. The predicted molar refractivity (Wildman–Crippen MR) is 248 cm³/mol. The normalized spacial score (nSPS) is 15.3. The fourth-order valence-corrected chi connectivity index (χ4v) is 9.68. The number of hydrogen-bond donors (Lipinski definition) is 0. The van der Waals surface area contributed by atoms with Crippen molar-refractivity contribution in [2.24, 2.45) is 5.92 Å². The van der Waals surface area contributed by atoms with Crippen LogP contribution in [0.5, 0.6) is 0 Å². The lowest BCUT2D eigenvalue weighted by Gasteiger charge is -2.26. The number of aryl methyl sites for hydroxylation is 1. The number of para-hydroxylation sites is 2. The van der Waals surface area contributed by atoms with Crippen LogP contribution in [0.15, 0.2) is 185 Å². The van der Waals surface area contributed by atoms with Crippen LogP contribution in [0, 0.1) is 12.8 Å². The van der Waals surface area contributed by atoms with Gasteiger partial charge in [0.15, 0.2) is 11.6 Å². The average Bonchev–Trinajstić information content (AvgIpc) is 3.86. The van der Waals surface area contributed by atoms with Crippen molar-refractivity contribution in [2.75, 3.05) is 0 Å². The van der Waals surface area contributed by atoms with Crippen molar-refractivity contribution in [2.45, 2.75) is 19.8 Å². The van der Waals surface area contributed by atoms with Crippen molar-refractivity contribution in [3.63, 3.8) is 0 Å². The molecule has 290 valence electrons. The highest BCUT2D eigenvalue weighted by Crippen LogP contribution is 2.44. The molecule has 0 N–H and O–H groups in total. The van der Waals surface area contributed by atoms with Gasteiger partial charge in [-0.1, -0.05) is 153 Å². The molecule has 0 radical (unpaired) electrons. The number of allylic oxidation sites excluding steroid dienone is 4. The van der Waals surface area contributed by atoms with Gasteiger partial charge in [-0.3, -0.25) is 4.79 Å². The van der Waals surface area contributed by atoms with Gasteiger partial charge in [-0.25, -0.2) is 9.55 Å². The molecule has 4 heterocycles. The van der Waals surface area contributed by atoms with E-state index in [1.807, 2.05) is 97.1 Å². The van der Waals surface area contributed by atoms with Crippen molar-refractivity contribution in [1.29, 1.82) is 0 Å². The first-order chi connectivity index (χ1) is 30.0. The Morgan fingerprint density at radius 2 is 1.18 bits per heavy atom. The maximum Gasteiger partial charge on any atom is 0.266 e. The smallest absolute Gasteiger partial charge is 0.266 e. The largest absolute Gasteiger partial charge is 0.456 e. The molecule has 0 fully saturated rings. The van der Waals surface area contributed by atoms with Gasteiger partial charge in [0.1, 0.15) is 11.2 Å². The molecule has 0 spiro atoms. The summed E-state index contributed by atoms with van der Waals surface area (Å²) in [5, 5.41) is 6.34. The van der Waals surface area contributed by atoms with Gasteiger partial charge in [0, 0.05) is 38.6 Å². The highest BCUT2D eigenvalue weighted by atomic mass is 16.3. The molecule has 2 unspecified atom stereocenters. The van der Waals surface area contributed by atoms with Gasteiger partial charge in [-0.05, 0) is 59.7 Å². The van der Waals surface area contributed by atoms with E-state index in [1.54, 1.807) is 4.57 Å². The fraction of sp³-hybridized carbons (Fsp3) is 0.0741. The summed E-state index contributed by atoms with van der Waals surface area (Å²) in [6, 6.07) is 51.2. The van der Waals surface area contributed by atoms with Crippen LogP contribution in [0.1, 0.15) is 24.0 Å². The lowest BCUT2D eigenvalue weighted by molar-refractivity contribution is 0.634. The molecule has 2 atom stereocenters. The zero-order valence-corrected chi connectivity index (χ0v) is 33.5. The first-order valence-corrected chi connectivity index (χ1v) is 20.7. The number of aromatic nitrogens is 5. The molecule has 1 aliphatic rings. The van der Waals surface area contributed by atoms with Crippen LogP contribution in [0.25, 0.3) is 99.8 Å². The van der Waals surface area contributed by atoms with Gasteiger partial charge in [-0.15, -0.1) is 0 Å². The Kier molecular flexibility index (Phi) is 7.81. The van der Waals surface area contributed by atoms with Crippen LogP contribution in [-0.4, -0.2) is 24.1 Å². The standard InChI is InChI=1S/C54H37N5O2/c1-32-16-9-10-21-36(32)46-33(2)28-29-38-37-30-31-43-48(39-22-11-13-24-41(39)58(43)42-25-15-27-45-47(42)40-23-12-14-26-44(40)61-45)49(37)53(60)59(50(38)46)54-56-51(34-17-5-3-6-18-34)55-52(57-54)35-19-7-4-8-20-35/h3-32,36H,1-2H3. The number of rotatable bonds is 5. The van der Waals surface area contributed by atoms with E-state index in [4.69, 9.17) is 19.4 Å². The number of benzene rings is 7. The first-order valence-electron chi connectivity index (χ1n) is 20.7. The number of furan rings is 1. The van der Waals surface area contributed by atoms with E-state index < -0.39 is 0 Å². The Morgan fingerprint density at radius 1 is 0.525 bits per heavy atom. The quantitative estimate of drug-likeness (QED) is 0.162. The lowest BCUT2D eigenvalue weighted by atomic mass is 9.80. The highest BCUT2D eigenvalue weighted by molar-refractivity contribution is 6.26. The van der Waals surface area contributed by atoms with E-state index in [9.17, 15) is 0 Å². The molecule has 7 nitrogen and oxygen atoms in total. The number of nitrogens with zero attached hydrogens (tertiary/aromatic N) is 5. The highest BCUT2D eigenvalue weighted by Gasteiger charge is 2.28. The van der Waals surface area contributed by atoms with E-state index in [2.05, 4.69) is 97.3 Å². The van der Waals surface area contributed by atoms with Gasteiger partial charge in [0.05, 0.1) is 33.0 Å². The van der Waals surface area contributed by atoms with Crippen LogP contribution in [0.3, 0.4) is 0 Å². The molecular formula is C54H37N5O2. The van der Waals surface area contributed by atoms with E-state index in [1.165, 1.54) is 0 Å². The number of fused-ring (bicyclic) bond motifs is 10. The summed E-state index contributed by atoms with van der Waals surface area (Å²) in [5.41, 5.74) is 8.97. The molecule has 7 heteroatoms. The molecule has 12 rings (SSSR count). The average molecular weight is 788 g/mol. The molecule has 0 saturated heterocycles. The molecule has 0 saturated carbocycles. The summed E-state index contributed by atoms with van der Waals surface area (Å²) in [4.78, 5) is 31.6. The number of pyridine rings is 1. The minimum Gasteiger partial charge on any atom is -0.456 e. The van der Waals surface area contributed by atoms with Crippen molar-refractivity contribution >= 4 is 65.4 Å². The summed E-state index contributed by atoms with van der Waals surface area (Å²) < 4.78 is 10.5. The SMILES string of the molecule is Cc1ccc2c3ccc4c(c5ccccc5n4-c4cccc5oc6ccccc6c45)c3c(=O)n(-c3nc(-c4ccccc4)nc(-c4ccccc4)n3)c2c1C1C=CC=CC1C.